The number of para-hydroxylation sites is 1. The summed E-state index contributed by atoms with van der Waals surface area (Å²) in [6.45, 7) is 4.61. The van der Waals surface area contributed by atoms with Crippen molar-refractivity contribution in [3.63, 3.8) is 0 Å². The molecule has 2 rings (SSSR count). The van der Waals surface area contributed by atoms with E-state index in [-0.39, 0.29) is 24.7 Å². The van der Waals surface area contributed by atoms with Gasteiger partial charge in [-0.05, 0) is 25.5 Å². The van der Waals surface area contributed by atoms with Crippen LogP contribution in [0.1, 0.15) is 33.1 Å². The van der Waals surface area contributed by atoms with Crippen molar-refractivity contribution in [2.75, 3.05) is 13.2 Å². The fourth-order valence-electron chi connectivity index (χ4n) is 2.82. The Morgan fingerprint density at radius 3 is 2.70 bits per heavy atom. The van der Waals surface area contributed by atoms with Crippen LogP contribution in [-0.4, -0.2) is 37.4 Å². The van der Waals surface area contributed by atoms with E-state index in [1.807, 2.05) is 37.3 Å². The van der Waals surface area contributed by atoms with Crippen LogP contribution in [0.4, 0.5) is 0 Å². The molecule has 1 saturated heterocycles. The van der Waals surface area contributed by atoms with Crippen molar-refractivity contribution >= 4 is 5.97 Å². The Labute approximate surface area is 138 Å². The van der Waals surface area contributed by atoms with E-state index in [4.69, 9.17) is 19.9 Å². The van der Waals surface area contributed by atoms with Gasteiger partial charge in [0.15, 0.2) is 0 Å². The fourth-order valence-corrected chi connectivity index (χ4v) is 2.82. The molecule has 5 nitrogen and oxygen atoms in total. The molecule has 1 aliphatic rings. The standard InChI is InChI=1S/C18H27NO4/c1-3-4-10-15-13(2)22-18(20)16(19)11-21-12-17(15)23-14-8-6-5-7-9-14/h5-9,13,15-17H,3-4,10-12,19H2,1-2H3. The van der Waals surface area contributed by atoms with Crippen molar-refractivity contribution in [1.29, 1.82) is 0 Å². The molecule has 0 aromatic heterocycles. The maximum Gasteiger partial charge on any atom is 0.325 e. The zero-order valence-electron chi connectivity index (χ0n) is 13.9. The molecule has 0 amide bonds. The minimum atomic E-state index is -0.736. The van der Waals surface area contributed by atoms with Crippen LogP contribution in [0.5, 0.6) is 5.75 Å². The fraction of sp³-hybridized carbons (Fsp3) is 0.611. The lowest BCUT2D eigenvalue weighted by atomic mass is 9.91. The summed E-state index contributed by atoms with van der Waals surface area (Å²) in [6.07, 6.45) is 2.62. The third kappa shape index (κ3) is 5.22. The Morgan fingerprint density at radius 1 is 1.26 bits per heavy atom. The van der Waals surface area contributed by atoms with Gasteiger partial charge in [0.2, 0.25) is 0 Å². The van der Waals surface area contributed by atoms with Gasteiger partial charge in [0.25, 0.3) is 0 Å². The Morgan fingerprint density at radius 2 is 2.00 bits per heavy atom. The Balaban J connectivity index is 2.16. The lowest BCUT2D eigenvalue weighted by molar-refractivity contribution is -0.153. The zero-order chi connectivity index (χ0) is 16.7. The lowest BCUT2D eigenvalue weighted by Crippen LogP contribution is -2.40. The van der Waals surface area contributed by atoms with Gasteiger partial charge < -0.3 is 19.9 Å². The smallest absolute Gasteiger partial charge is 0.325 e. The Kier molecular flexibility index (Phi) is 6.86. The normalized spacial score (nSPS) is 29.1. The van der Waals surface area contributed by atoms with E-state index in [9.17, 15) is 4.79 Å². The summed E-state index contributed by atoms with van der Waals surface area (Å²) in [5.41, 5.74) is 5.78. The van der Waals surface area contributed by atoms with E-state index in [0.717, 1.165) is 25.0 Å². The van der Waals surface area contributed by atoms with Crippen molar-refractivity contribution in [2.24, 2.45) is 11.7 Å². The Hall–Kier alpha value is -1.59. The number of hydrogen-bond acceptors (Lipinski definition) is 5. The highest BCUT2D eigenvalue weighted by molar-refractivity contribution is 5.75. The number of ether oxygens (including phenoxy) is 3. The number of nitrogens with two attached hydrogens (primary N) is 1. The van der Waals surface area contributed by atoms with Gasteiger partial charge in [0, 0.05) is 5.92 Å². The molecule has 0 saturated carbocycles. The summed E-state index contributed by atoms with van der Waals surface area (Å²) in [5.74, 6) is 0.466. The van der Waals surface area contributed by atoms with Gasteiger partial charge in [-0.2, -0.15) is 0 Å². The molecule has 4 unspecified atom stereocenters. The van der Waals surface area contributed by atoms with Crippen molar-refractivity contribution in [1.82, 2.24) is 0 Å². The van der Waals surface area contributed by atoms with Gasteiger partial charge in [0.1, 0.15) is 24.0 Å². The van der Waals surface area contributed by atoms with Gasteiger partial charge in [-0.25, -0.2) is 0 Å². The first kappa shape index (κ1) is 17.8. The largest absolute Gasteiger partial charge is 0.488 e. The molecular formula is C18H27NO4. The van der Waals surface area contributed by atoms with Gasteiger partial charge in [-0.15, -0.1) is 0 Å². The molecule has 0 aliphatic carbocycles. The minimum absolute atomic E-state index is 0.0735. The summed E-state index contributed by atoms with van der Waals surface area (Å²) >= 11 is 0. The second-order valence-electron chi connectivity index (χ2n) is 6.06. The summed E-state index contributed by atoms with van der Waals surface area (Å²) in [4.78, 5) is 11.9. The first-order valence-electron chi connectivity index (χ1n) is 8.37. The van der Waals surface area contributed by atoms with Crippen LogP contribution in [0.15, 0.2) is 30.3 Å². The molecule has 1 heterocycles. The number of hydrogen-bond donors (Lipinski definition) is 1. The first-order chi connectivity index (χ1) is 11.1. The molecule has 4 atom stereocenters. The topological polar surface area (TPSA) is 70.8 Å². The maximum atomic E-state index is 11.9. The van der Waals surface area contributed by atoms with Crippen molar-refractivity contribution in [3.8, 4) is 5.75 Å². The predicted molar refractivity (Wildman–Crippen MR) is 88.2 cm³/mol. The van der Waals surface area contributed by atoms with E-state index in [2.05, 4.69) is 6.92 Å². The second kappa shape index (κ2) is 8.89. The van der Waals surface area contributed by atoms with Crippen LogP contribution in [0.3, 0.4) is 0 Å². The zero-order valence-corrected chi connectivity index (χ0v) is 13.9. The quantitative estimate of drug-likeness (QED) is 0.844. The molecular weight excluding hydrogens is 294 g/mol. The summed E-state index contributed by atoms with van der Waals surface area (Å²) in [6, 6.07) is 8.93. The van der Waals surface area contributed by atoms with Crippen LogP contribution in [0.2, 0.25) is 0 Å². The van der Waals surface area contributed by atoms with Gasteiger partial charge >= 0.3 is 5.97 Å². The predicted octanol–water partition coefficient (Wildman–Crippen LogP) is 2.53. The molecule has 1 aromatic carbocycles. The second-order valence-corrected chi connectivity index (χ2v) is 6.06. The van der Waals surface area contributed by atoms with Crippen LogP contribution < -0.4 is 10.5 Å². The maximum absolute atomic E-state index is 11.9. The van der Waals surface area contributed by atoms with E-state index in [0.29, 0.717) is 6.61 Å². The van der Waals surface area contributed by atoms with E-state index in [1.165, 1.54) is 0 Å². The van der Waals surface area contributed by atoms with Crippen LogP contribution in [0.25, 0.3) is 0 Å². The minimum Gasteiger partial charge on any atom is -0.488 e. The number of carbonyl (C=O) groups excluding carboxylic acids is 1. The monoisotopic (exact) mass is 321 g/mol. The van der Waals surface area contributed by atoms with Crippen LogP contribution in [-0.2, 0) is 14.3 Å². The van der Waals surface area contributed by atoms with Gasteiger partial charge in [-0.3, -0.25) is 4.79 Å². The molecule has 128 valence electrons. The summed E-state index contributed by atoms with van der Waals surface area (Å²) in [7, 11) is 0. The SMILES string of the molecule is CCCCC1C(C)OC(=O)C(N)COCC1Oc1ccccc1. The molecule has 5 heteroatoms. The highest BCUT2D eigenvalue weighted by atomic mass is 16.6. The number of benzene rings is 1. The number of esters is 1. The summed E-state index contributed by atoms with van der Waals surface area (Å²) < 4.78 is 17.3. The third-order valence-corrected chi connectivity index (χ3v) is 4.19. The lowest BCUT2D eigenvalue weighted by Gasteiger charge is -2.31. The molecule has 1 aliphatic heterocycles. The number of carbonyl (C=O) groups is 1. The number of cyclic esters (lactones) is 1. The third-order valence-electron chi connectivity index (χ3n) is 4.19. The molecule has 23 heavy (non-hydrogen) atoms. The van der Waals surface area contributed by atoms with Crippen molar-refractivity contribution in [3.05, 3.63) is 30.3 Å². The van der Waals surface area contributed by atoms with Crippen LogP contribution >= 0.6 is 0 Å². The molecule has 0 spiro atoms. The summed E-state index contributed by atoms with van der Waals surface area (Å²) in [5, 5.41) is 0. The Bertz CT molecular complexity index is 479. The average Bonchev–Trinajstić information content (AvgIpc) is 2.59. The van der Waals surface area contributed by atoms with E-state index >= 15 is 0 Å². The van der Waals surface area contributed by atoms with Crippen molar-refractivity contribution < 1.29 is 19.0 Å². The molecule has 1 aromatic rings. The number of unbranched alkanes of at least 4 members (excludes halogenated alkanes) is 1. The van der Waals surface area contributed by atoms with Gasteiger partial charge in [-0.1, -0.05) is 38.0 Å². The van der Waals surface area contributed by atoms with Crippen molar-refractivity contribution in [2.45, 2.75) is 51.4 Å². The van der Waals surface area contributed by atoms with Gasteiger partial charge in [0.05, 0.1) is 13.2 Å². The van der Waals surface area contributed by atoms with Crippen LogP contribution in [0, 0.1) is 5.92 Å². The molecule has 1 fully saturated rings. The highest BCUT2D eigenvalue weighted by Crippen LogP contribution is 2.26. The molecule has 2 N–H and O–H groups in total. The highest BCUT2D eigenvalue weighted by Gasteiger charge is 2.34. The van der Waals surface area contributed by atoms with E-state index in [1.54, 1.807) is 0 Å². The first-order valence-corrected chi connectivity index (χ1v) is 8.37. The molecule has 0 bridgehead atoms. The van der Waals surface area contributed by atoms with E-state index < -0.39 is 12.0 Å². The molecule has 0 radical (unpaired) electrons. The number of rotatable bonds is 5. The average molecular weight is 321 g/mol.